The lowest BCUT2D eigenvalue weighted by Crippen LogP contribution is -2.39. The van der Waals surface area contributed by atoms with Crippen LogP contribution in [-0.4, -0.2) is 46.8 Å². The van der Waals surface area contributed by atoms with Crippen LogP contribution in [0.1, 0.15) is 81.6 Å². The predicted molar refractivity (Wildman–Crippen MR) is 153 cm³/mol. The Balaban J connectivity index is 1.03. The van der Waals surface area contributed by atoms with Crippen LogP contribution in [0.15, 0.2) is 42.6 Å². The molecule has 1 aliphatic heterocycles. The highest BCUT2D eigenvalue weighted by molar-refractivity contribution is 7.14. The molecule has 1 saturated heterocycles. The molecule has 6 rings (SSSR count). The van der Waals surface area contributed by atoms with Gasteiger partial charge in [-0.1, -0.05) is 54.9 Å². The van der Waals surface area contributed by atoms with Gasteiger partial charge in [-0.15, -0.1) is 10.2 Å². The van der Waals surface area contributed by atoms with Gasteiger partial charge in [0.1, 0.15) is 22.1 Å². The van der Waals surface area contributed by atoms with Crippen LogP contribution in [0.5, 0.6) is 0 Å². The fourth-order valence-corrected chi connectivity index (χ4v) is 7.28. The molecule has 0 spiro atoms. The Morgan fingerprint density at radius 2 is 1.45 bits per heavy atom. The molecule has 0 amide bonds. The van der Waals surface area contributed by atoms with Crippen molar-refractivity contribution < 1.29 is 9.53 Å². The zero-order chi connectivity index (χ0) is 25.7. The van der Waals surface area contributed by atoms with E-state index in [1.54, 1.807) is 11.3 Å². The third-order valence-electron chi connectivity index (χ3n) is 8.67. The largest absolute Gasteiger partial charge is 0.375 e. The Labute approximate surface area is 229 Å². The number of piperidine rings is 1. The van der Waals surface area contributed by atoms with E-state index >= 15 is 0 Å². The van der Waals surface area contributed by atoms with E-state index in [0.717, 1.165) is 90.4 Å². The highest BCUT2D eigenvalue weighted by Crippen LogP contribution is 2.38. The first-order valence-electron chi connectivity index (χ1n) is 14.5. The lowest BCUT2D eigenvalue weighted by atomic mass is 9.83. The SMILES string of the molecule is O=C[C@H]1CC[C@H](c2nnc(-c3ccc(-c4ccc(N5CCC(OC6CCCCC6)CC5)nc4)cc3)s2)CC1. The summed E-state index contributed by atoms with van der Waals surface area (Å²) in [6.07, 6.45) is 16.7. The summed E-state index contributed by atoms with van der Waals surface area (Å²) in [6, 6.07) is 12.9. The first-order valence-corrected chi connectivity index (χ1v) is 15.3. The van der Waals surface area contributed by atoms with Gasteiger partial charge in [-0.2, -0.15) is 0 Å². The molecule has 1 aromatic carbocycles. The molecule has 0 bridgehead atoms. The quantitative estimate of drug-likeness (QED) is 0.305. The van der Waals surface area contributed by atoms with E-state index < -0.39 is 0 Å². The Hall–Kier alpha value is -2.64. The minimum atomic E-state index is 0.229. The second-order valence-electron chi connectivity index (χ2n) is 11.3. The van der Waals surface area contributed by atoms with E-state index in [4.69, 9.17) is 9.72 Å². The van der Waals surface area contributed by atoms with Crippen molar-refractivity contribution >= 4 is 23.4 Å². The average molecular weight is 531 g/mol. The van der Waals surface area contributed by atoms with Crippen LogP contribution in [0.4, 0.5) is 5.82 Å². The van der Waals surface area contributed by atoms with Crippen LogP contribution in [0.2, 0.25) is 0 Å². The normalized spacial score (nSPS) is 23.4. The molecule has 38 heavy (non-hydrogen) atoms. The van der Waals surface area contributed by atoms with Crippen molar-refractivity contribution in [3.05, 3.63) is 47.6 Å². The van der Waals surface area contributed by atoms with E-state index in [1.165, 1.54) is 32.1 Å². The monoisotopic (exact) mass is 530 g/mol. The van der Waals surface area contributed by atoms with E-state index in [1.807, 2.05) is 6.20 Å². The molecule has 3 heterocycles. The maximum absolute atomic E-state index is 11.0. The van der Waals surface area contributed by atoms with Gasteiger partial charge in [0.2, 0.25) is 0 Å². The topological polar surface area (TPSA) is 68.2 Å². The maximum atomic E-state index is 11.0. The zero-order valence-electron chi connectivity index (χ0n) is 22.1. The molecule has 2 saturated carbocycles. The second-order valence-corrected chi connectivity index (χ2v) is 12.3. The van der Waals surface area contributed by atoms with Crippen molar-refractivity contribution in [1.29, 1.82) is 0 Å². The number of pyridine rings is 1. The van der Waals surface area contributed by atoms with Crippen molar-refractivity contribution in [1.82, 2.24) is 15.2 Å². The molecule has 3 fully saturated rings. The van der Waals surface area contributed by atoms with Gasteiger partial charge in [0, 0.05) is 42.2 Å². The zero-order valence-corrected chi connectivity index (χ0v) is 23.0. The van der Waals surface area contributed by atoms with Gasteiger partial charge in [0.05, 0.1) is 12.2 Å². The lowest BCUT2D eigenvalue weighted by Gasteiger charge is -2.35. The maximum Gasteiger partial charge on any atom is 0.147 e. The van der Waals surface area contributed by atoms with Crippen LogP contribution in [0, 0.1) is 5.92 Å². The van der Waals surface area contributed by atoms with Crippen molar-refractivity contribution in [3.8, 4) is 21.7 Å². The van der Waals surface area contributed by atoms with Crippen LogP contribution in [-0.2, 0) is 9.53 Å². The van der Waals surface area contributed by atoms with E-state index in [-0.39, 0.29) is 5.92 Å². The molecule has 200 valence electrons. The average Bonchev–Trinajstić information content (AvgIpc) is 3.49. The standard InChI is InChI=1S/C31H38N4O2S/c36-21-22-6-8-24(9-7-22)30-33-34-31(38-30)25-12-10-23(11-13-25)26-14-15-29(32-20-26)35-18-16-28(17-19-35)37-27-4-2-1-3-5-27/h10-15,20-22,24,27-28H,1-9,16-19H2/t22-,24-. The van der Waals surface area contributed by atoms with Gasteiger partial charge in [0.25, 0.3) is 0 Å². The van der Waals surface area contributed by atoms with Crippen molar-refractivity contribution in [2.45, 2.75) is 88.8 Å². The van der Waals surface area contributed by atoms with Crippen LogP contribution >= 0.6 is 11.3 Å². The lowest BCUT2D eigenvalue weighted by molar-refractivity contribution is -0.111. The summed E-state index contributed by atoms with van der Waals surface area (Å²) in [5, 5.41) is 11.0. The number of carbonyl (C=O) groups excluding carboxylic acids is 1. The van der Waals surface area contributed by atoms with E-state index in [2.05, 4.69) is 51.5 Å². The third kappa shape index (κ3) is 5.99. The molecule has 0 unspecified atom stereocenters. The van der Waals surface area contributed by atoms with Gasteiger partial charge < -0.3 is 14.4 Å². The minimum Gasteiger partial charge on any atom is -0.375 e. The number of benzene rings is 1. The Bertz CT molecular complexity index is 1170. The molecule has 2 aliphatic carbocycles. The molecule has 2 aromatic heterocycles. The second kappa shape index (κ2) is 12.0. The van der Waals surface area contributed by atoms with Crippen LogP contribution in [0.3, 0.4) is 0 Å². The summed E-state index contributed by atoms with van der Waals surface area (Å²) in [6.45, 7) is 2.03. The summed E-state index contributed by atoms with van der Waals surface area (Å²) in [5.74, 6) is 1.73. The Morgan fingerprint density at radius 3 is 2.13 bits per heavy atom. The molecule has 3 aliphatic rings. The predicted octanol–water partition coefficient (Wildman–Crippen LogP) is 7.06. The van der Waals surface area contributed by atoms with Gasteiger partial charge in [-0.3, -0.25) is 0 Å². The van der Waals surface area contributed by atoms with Crippen molar-refractivity contribution in [3.63, 3.8) is 0 Å². The summed E-state index contributed by atoms with van der Waals surface area (Å²) < 4.78 is 6.41. The first-order chi connectivity index (χ1) is 18.7. The van der Waals surface area contributed by atoms with Crippen LogP contribution in [0.25, 0.3) is 21.7 Å². The number of rotatable bonds is 7. The van der Waals surface area contributed by atoms with Gasteiger partial charge >= 0.3 is 0 Å². The number of hydrogen-bond acceptors (Lipinski definition) is 7. The molecule has 0 atom stereocenters. The number of aldehydes is 1. The summed E-state index contributed by atoms with van der Waals surface area (Å²) in [5.41, 5.74) is 3.38. The highest BCUT2D eigenvalue weighted by Gasteiger charge is 2.26. The molecule has 0 N–H and O–H groups in total. The molecular weight excluding hydrogens is 492 g/mol. The van der Waals surface area contributed by atoms with E-state index in [0.29, 0.717) is 18.1 Å². The Kier molecular flexibility index (Phi) is 8.12. The molecule has 6 nitrogen and oxygen atoms in total. The Morgan fingerprint density at radius 1 is 0.763 bits per heavy atom. The number of nitrogens with zero attached hydrogens (tertiary/aromatic N) is 4. The third-order valence-corrected chi connectivity index (χ3v) is 9.81. The number of anilines is 1. The molecule has 7 heteroatoms. The first kappa shape index (κ1) is 25.6. The fraction of sp³-hybridized carbons (Fsp3) is 0.548. The number of ether oxygens (including phenoxy) is 1. The highest BCUT2D eigenvalue weighted by atomic mass is 32.1. The van der Waals surface area contributed by atoms with Crippen molar-refractivity contribution in [2.75, 3.05) is 18.0 Å². The minimum absolute atomic E-state index is 0.229. The van der Waals surface area contributed by atoms with Crippen LogP contribution < -0.4 is 4.90 Å². The van der Waals surface area contributed by atoms with Gasteiger partial charge in [-0.25, -0.2) is 4.98 Å². The fourth-order valence-electron chi connectivity index (χ4n) is 6.26. The molecule has 3 aromatic rings. The number of aromatic nitrogens is 3. The molecular formula is C31H38N4O2S. The summed E-state index contributed by atoms with van der Waals surface area (Å²) in [7, 11) is 0. The number of carbonyl (C=O) groups is 1. The van der Waals surface area contributed by atoms with E-state index in [9.17, 15) is 4.79 Å². The number of hydrogen-bond donors (Lipinski definition) is 0. The van der Waals surface area contributed by atoms with Gasteiger partial charge in [0.15, 0.2) is 0 Å². The molecule has 0 radical (unpaired) electrons. The summed E-state index contributed by atoms with van der Waals surface area (Å²) in [4.78, 5) is 18.2. The smallest absolute Gasteiger partial charge is 0.147 e. The van der Waals surface area contributed by atoms with Crippen molar-refractivity contribution in [2.24, 2.45) is 5.92 Å². The summed E-state index contributed by atoms with van der Waals surface area (Å²) >= 11 is 1.69. The van der Waals surface area contributed by atoms with Gasteiger partial charge in [-0.05, 0) is 69.1 Å².